The molecule has 1 aromatic carbocycles. The Hall–Kier alpha value is -2.81. The van der Waals surface area contributed by atoms with E-state index in [4.69, 9.17) is 5.73 Å². The standard InChI is InChI=1S/C17H18N6O2S/c18-13-12-15(21-14(20-13)16(24)22-6-8-26-9-7-22)23(17(25)19-12)10-11-4-2-1-3-5-11/h1-5H,6-10H2,(H,19,25)(H2,18,20,21). The number of benzene rings is 1. The number of nitrogen functional groups attached to an aromatic ring is 1. The number of thioether (sulfide) groups is 1. The second-order valence-electron chi connectivity index (χ2n) is 6.04. The number of fused-ring (bicyclic) bond motifs is 1. The van der Waals surface area contributed by atoms with Crippen LogP contribution in [0, 0.1) is 0 Å². The lowest BCUT2D eigenvalue weighted by atomic mass is 10.2. The fourth-order valence-corrected chi connectivity index (χ4v) is 3.87. The van der Waals surface area contributed by atoms with Gasteiger partial charge in [0.15, 0.2) is 11.5 Å². The van der Waals surface area contributed by atoms with Gasteiger partial charge >= 0.3 is 5.69 Å². The van der Waals surface area contributed by atoms with Crippen LogP contribution in [0.4, 0.5) is 5.82 Å². The number of H-pyrrole nitrogens is 1. The molecule has 0 radical (unpaired) electrons. The quantitative estimate of drug-likeness (QED) is 0.710. The zero-order valence-electron chi connectivity index (χ0n) is 14.0. The molecule has 8 nitrogen and oxygen atoms in total. The van der Waals surface area contributed by atoms with Crippen LogP contribution in [-0.4, -0.2) is 54.9 Å². The Labute approximate surface area is 153 Å². The van der Waals surface area contributed by atoms with Gasteiger partial charge in [-0.25, -0.2) is 14.8 Å². The lowest BCUT2D eigenvalue weighted by Gasteiger charge is -2.25. The van der Waals surface area contributed by atoms with E-state index < -0.39 is 0 Å². The Morgan fingerprint density at radius 2 is 1.92 bits per heavy atom. The molecule has 1 aliphatic heterocycles. The second kappa shape index (κ2) is 6.83. The molecule has 0 bridgehead atoms. The van der Waals surface area contributed by atoms with Crippen LogP contribution in [-0.2, 0) is 6.54 Å². The summed E-state index contributed by atoms with van der Waals surface area (Å²) in [7, 11) is 0. The molecule has 4 rings (SSSR count). The zero-order valence-corrected chi connectivity index (χ0v) is 14.8. The van der Waals surface area contributed by atoms with E-state index >= 15 is 0 Å². The Morgan fingerprint density at radius 1 is 1.19 bits per heavy atom. The maximum atomic E-state index is 12.7. The van der Waals surface area contributed by atoms with Crippen molar-refractivity contribution in [2.24, 2.45) is 0 Å². The van der Waals surface area contributed by atoms with Gasteiger partial charge in [-0.2, -0.15) is 11.8 Å². The third-order valence-corrected chi connectivity index (χ3v) is 5.27. The molecular weight excluding hydrogens is 352 g/mol. The third kappa shape index (κ3) is 3.05. The first-order chi connectivity index (χ1) is 12.6. The summed E-state index contributed by atoms with van der Waals surface area (Å²) >= 11 is 1.81. The summed E-state index contributed by atoms with van der Waals surface area (Å²) in [5, 5.41) is 0. The number of carbonyl (C=O) groups excluding carboxylic acids is 1. The summed E-state index contributed by atoms with van der Waals surface area (Å²) < 4.78 is 1.48. The maximum absolute atomic E-state index is 12.7. The first kappa shape index (κ1) is 16.6. The number of nitrogens with one attached hydrogen (secondary N) is 1. The van der Waals surface area contributed by atoms with Crippen molar-refractivity contribution in [2.75, 3.05) is 30.3 Å². The number of carbonyl (C=O) groups is 1. The van der Waals surface area contributed by atoms with Crippen molar-refractivity contribution in [3.8, 4) is 0 Å². The topological polar surface area (TPSA) is 110 Å². The predicted molar refractivity (Wildman–Crippen MR) is 101 cm³/mol. The van der Waals surface area contributed by atoms with E-state index in [2.05, 4.69) is 15.0 Å². The molecule has 0 saturated carbocycles. The van der Waals surface area contributed by atoms with Gasteiger partial charge in [0.2, 0.25) is 5.82 Å². The number of hydrogen-bond acceptors (Lipinski definition) is 6. The SMILES string of the molecule is Nc1nc(C(=O)N2CCSCC2)nc2c1[nH]c(=O)n2Cc1ccccc1. The van der Waals surface area contributed by atoms with E-state index in [1.54, 1.807) is 4.90 Å². The molecule has 1 amide bonds. The fourth-order valence-electron chi connectivity index (χ4n) is 2.97. The lowest BCUT2D eigenvalue weighted by molar-refractivity contribution is 0.0760. The molecule has 0 atom stereocenters. The number of nitrogens with two attached hydrogens (primary N) is 1. The monoisotopic (exact) mass is 370 g/mol. The highest BCUT2D eigenvalue weighted by Gasteiger charge is 2.23. The smallest absolute Gasteiger partial charge is 0.328 e. The number of nitrogens with zero attached hydrogens (tertiary/aromatic N) is 4. The van der Waals surface area contributed by atoms with Crippen molar-refractivity contribution in [3.05, 3.63) is 52.2 Å². The molecular formula is C17H18N6O2S. The maximum Gasteiger partial charge on any atom is 0.328 e. The van der Waals surface area contributed by atoms with Gasteiger partial charge in [0, 0.05) is 24.6 Å². The van der Waals surface area contributed by atoms with Crippen molar-refractivity contribution in [1.82, 2.24) is 24.4 Å². The molecule has 1 aliphatic rings. The first-order valence-corrected chi connectivity index (χ1v) is 9.46. The van der Waals surface area contributed by atoms with Gasteiger partial charge in [0.05, 0.1) is 6.54 Å². The van der Waals surface area contributed by atoms with Gasteiger partial charge in [0.25, 0.3) is 5.91 Å². The molecule has 26 heavy (non-hydrogen) atoms. The van der Waals surface area contributed by atoms with Gasteiger partial charge in [-0.3, -0.25) is 9.36 Å². The molecule has 0 aliphatic carbocycles. The molecule has 1 fully saturated rings. The second-order valence-corrected chi connectivity index (χ2v) is 7.26. The number of imidazole rings is 1. The average molecular weight is 370 g/mol. The molecule has 134 valence electrons. The van der Waals surface area contributed by atoms with E-state index in [0.717, 1.165) is 17.1 Å². The Bertz CT molecular complexity index is 1010. The number of aromatic nitrogens is 4. The summed E-state index contributed by atoms with van der Waals surface area (Å²) in [4.78, 5) is 38.0. The predicted octanol–water partition coefficient (Wildman–Crippen LogP) is 0.939. The van der Waals surface area contributed by atoms with E-state index in [1.807, 2.05) is 42.1 Å². The van der Waals surface area contributed by atoms with E-state index in [1.165, 1.54) is 4.57 Å². The molecule has 9 heteroatoms. The van der Waals surface area contributed by atoms with Crippen molar-refractivity contribution in [3.63, 3.8) is 0 Å². The minimum Gasteiger partial charge on any atom is -0.382 e. The lowest BCUT2D eigenvalue weighted by Crippen LogP contribution is -2.38. The molecule has 0 spiro atoms. The highest BCUT2D eigenvalue weighted by Crippen LogP contribution is 2.17. The van der Waals surface area contributed by atoms with Crippen molar-refractivity contribution >= 4 is 34.7 Å². The number of aromatic amines is 1. The van der Waals surface area contributed by atoms with Crippen molar-refractivity contribution < 1.29 is 4.79 Å². The Kier molecular flexibility index (Phi) is 4.37. The number of hydrogen-bond donors (Lipinski definition) is 2. The molecule has 3 N–H and O–H groups in total. The van der Waals surface area contributed by atoms with Crippen LogP contribution < -0.4 is 11.4 Å². The van der Waals surface area contributed by atoms with Crippen LogP contribution in [0.3, 0.4) is 0 Å². The van der Waals surface area contributed by atoms with Crippen LogP contribution in [0.5, 0.6) is 0 Å². The van der Waals surface area contributed by atoms with Crippen LogP contribution in [0.2, 0.25) is 0 Å². The largest absolute Gasteiger partial charge is 0.382 e. The summed E-state index contributed by atoms with van der Waals surface area (Å²) in [5.41, 5.74) is 7.32. The van der Waals surface area contributed by atoms with E-state index in [-0.39, 0.29) is 23.2 Å². The van der Waals surface area contributed by atoms with Crippen LogP contribution in [0.25, 0.3) is 11.2 Å². The van der Waals surface area contributed by atoms with Gasteiger partial charge in [-0.05, 0) is 5.56 Å². The van der Waals surface area contributed by atoms with Crippen molar-refractivity contribution in [1.29, 1.82) is 0 Å². The molecule has 3 aromatic rings. The van der Waals surface area contributed by atoms with Crippen LogP contribution in [0.15, 0.2) is 35.1 Å². The number of anilines is 1. The van der Waals surface area contributed by atoms with E-state index in [0.29, 0.717) is 30.8 Å². The minimum atomic E-state index is -0.330. The highest BCUT2D eigenvalue weighted by atomic mass is 32.2. The molecule has 1 saturated heterocycles. The highest BCUT2D eigenvalue weighted by molar-refractivity contribution is 7.99. The van der Waals surface area contributed by atoms with Crippen LogP contribution >= 0.6 is 11.8 Å². The van der Waals surface area contributed by atoms with Gasteiger partial charge < -0.3 is 15.6 Å². The average Bonchev–Trinajstić information content (AvgIpc) is 2.99. The van der Waals surface area contributed by atoms with E-state index in [9.17, 15) is 9.59 Å². The summed E-state index contributed by atoms with van der Waals surface area (Å²) in [5.74, 6) is 1.67. The number of amides is 1. The first-order valence-electron chi connectivity index (χ1n) is 8.30. The Balaban J connectivity index is 1.76. The zero-order chi connectivity index (χ0) is 18.1. The number of rotatable bonds is 3. The van der Waals surface area contributed by atoms with Crippen LogP contribution in [0.1, 0.15) is 16.2 Å². The minimum absolute atomic E-state index is 0.0303. The van der Waals surface area contributed by atoms with Gasteiger partial charge in [-0.15, -0.1) is 0 Å². The van der Waals surface area contributed by atoms with Gasteiger partial charge in [-0.1, -0.05) is 30.3 Å². The molecule has 3 heterocycles. The Morgan fingerprint density at radius 3 is 2.65 bits per heavy atom. The summed E-state index contributed by atoms with van der Waals surface area (Å²) in [6, 6.07) is 9.57. The summed E-state index contributed by atoms with van der Waals surface area (Å²) in [6.45, 7) is 1.66. The normalized spacial score (nSPS) is 14.7. The third-order valence-electron chi connectivity index (χ3n) is 4.32. The fraction of sp³-hybridized carbons (Fsp3) is 0.294. The summed E-state index contributed by atoms with van der Waals surface area (Å²) in [6.07, 6.45) is 0. The molecule has 0 unspecified atom stereocenters. The van der Waals surface area contributed by atoms with Crippen molar-refractivity contribution in [2.45, 2.75) is 6.54 Å². The van der Waals surface area contributed by atoms with Gasteiger partial charge in [0.1, 0.15) is 5.52 Å². The molecule has 2 aromatic heterocycles.